The third kappa shape index (κ3) is 3.65. The van der Waals surface area contributed by atoms with Crippen LogP contribution in [0.5, 0.6) is 0 Å². The van der Waals surface area contributed by atoms with E-state index in [1.807, 2.05) is 12.1 Å². The van der Waals surface area contributed by atoms with Crippen LogP contribution < -0.4 is 10.0 Å². The van der Waals surface area contributed by atoms with Crippen LogP contribution >= 0.6 is 0 Å². The third-order valence-corrected chi connectivity index (χ3v) is 4.14. The second-order valence-corrected chi connectivity index (χ2v) is 6.12. The number of aromatic nitrogens is 1. The molecule has 0 unspecified atom stereocenters. The Kier molecular flexibility index (Phi) is 4.34. The van der Waals surface area contributed by atoms with Gasteiger partial charge in [-0.15, -0.1) is 0 Å². The van der Waals surface area contributed by atoms with Crippen molar-refractivity contribution in [3.8, 4) is 0 Å². The van der Waals surface area contributed by atoms with E-state index in [0.29, 0.717) is 18.7 Å². The van der Waals surface area contributed by atoms with Crippen molar-refractivity contribution in [3.05, 3.63) is 36.7 Å². The molecule has 0 radical (unpaired) electrons. The zero-order valence-electron chi connectivity index (χ0n) is 10.8. The number of pyridine rings is 1. The highest BCUT2D eigenvalue weighted by molar-refractivity contribution is 7.92. The topological polar surface area (TPSA) is 71.1 Å². The molecule has 0 amide bonds. The van der Waals surface area contributed by atoms with Gasteiger partial charge in [-0.1, -0.05) is 12.1 Å². The van der Waals surface area contributed by atoms with E-state index in [-0.39, 0.29) is 5.75 Å². The lowest BCUT2D eigenvalue weighted by Crippen LogP contribution is -2.20. The number of hydrogen-bond acceptors (Lipinski definition) is 4. The summed E-state index contributed by atoms with van der Waals surface area (Å²) in [7, 11) is -1.51. The summed E-state index contributed by atoms with van der Waals surface area (Å²) in [6.07, 6.45) is 3.95. The first-order chi connectivity index (χ1) is 9.12. The number of anilines is 1. The molecular formula is C13H17N3O2S. The Morgan fingerprint density at radius 1 is 1.26 bits per heavy atom. The molecule has 2 N–H and O–H groups in total. The number of rotatable bonds is 6. The van der Waals surface area contributed by atoms with E-state index >= 15 is 0 Å². The highest BCUT2D eigenvalue weighted by atomic mass is 32.2. The van der Waals surface area contributed by atoms with E-state index in [4.69, 9.17) is 0 Å². The Labute approximate surface area is 113 Å². The number of sulfonamides is 1. The van der Waals surface area contributed by atoms with Crippen molar-refractivity contribution in [2.45, 2.75) is 6.42 Å². The van der Waals surface area contributed by atoms with E-state index in [2.05, 4.69) is 15.0 Å². The van der Waals surface area contributed by atoms with Crippen molar-refractivity contribution in [2.75, 3.05) is 24.1 Å². The molecule has 0 fully saturated rings. The molecular weight excluding hydrogens is 262 g/mol. The Morgan fingerprint density at radius 2 is 2.11 bits per heavy atom. The lowest BCUT2D eigenvalue weighted by Gasteiger charge is -2.10. The molecule has 19 heavy (non-hydrogen) atoms. The molecule has 102 valence electrons. The van der Waals surface area contributed by atoms with Crippen molar-refractivity contribution >= 4 is 26.5 Å². The van der Waals surface area contributed by atoms with Crippen molar-refractivity contribution in [1.82, 2.24) is 10.3 Å². The zero-order valence-corrected chi connectivity index (χ0v) is 11.6. The monoisotopic (exact) mass is 279 g/mol. The van der Waals surface area contributed by atoms with Gasteiger partial charge >= 0.3 is 0 Å². The quantitative estimate of drug-likeness (QED) is 0.788. The number of hydrogen-bond donors (Lipinski definition) is 2. The van der Waals surface area contributed by atoms with Gasteiger partial charge in [-0.05, 0) is 32.1 Å². The Morgan fingerprint density at radius 3 is 2.89 bits per heavy atom. The molecule has 0 atom stereocenters. The lowest BCUT2D eigenvalue weighted by molar-refractivity contribution is 0.597. The first-order valence-electron chi connectivity index (χ1n) is 6.10. The first-order valence-corrected chi connectivity index (χ1v) is 7.75. The fourth-order valence-electron chi connectivity index (χ4n) is 1.87. The average molecular weight is 279 g/mol. The molecule has 0 saturated carbocycles. The number of fused-ring (bicyclic) bond motifs is 1. The largest absolute Gasteiger partial charge is 0.320 e. The zero-order chi connectivity index (χ0) is 13.7. The standard InChI is InChI=1S/C13H17N3O2S/c1-14-7-3-9-19(17,18)16-13-5-2-4-11-10-15-8-6-12(11)13/h2,4-6,8,10,14,16H,3,7,9H2,1H3. The summed E-state index contributed by atoms with van der Waals surface area (Å²) in [5.41, 5.74) is 0.601. The average Bonchev–Trinajstić information content (AvgIpc) is 2.39. The van der Waals surface area contributed by atoms with E-state index in [1.54, 1.807) is 31.6 Å². The van der Waals surface area contributed by atoms with Gasteiger partial charge in [0.2, 0.25) is 10.0 Å². The minimum Gasteiger partial charge on any atom is -0.320 e. The molecule has 0 aliphatic heterocycles. The molecule has 0 aliphatic rings. The maximum atomic E-state index is 12.0. The van der Waals surface area contributed by atoms with Crippen LogP contribution in [0.15, 0.2) is 36.7 Å². The number of nitrogens with one attached hydrogen (secondary N) is 2. The van der Waals surface area contributed by atoms with Crippen LogP contribution in [0.1, 0.15) is 6.42 Å². The van der Waals surface area contributed by atoms with Crippen LogP contribution in [0.25, 0.3) is 10.8 Å². The van der Waals surface area contributed by atoms with Crippen LogP contribution in [-0.2, 0) is 10.0 Å². The van der Waals surface area contributed by atoms with Gasteiger partial charge < -0.3 is 5.32 Å². The summed E-state index contributed by atoms with van der Waals surface area (Å²) in [6.45, 7) is 0.681. The maximum Gasteiger partial charge on any atom is 0.232 e. The fourth-order valence-corrected chi connectivity index (χ4v) is 3.01. The second kappa shape index (κ2) is 5.99. The minimum atomic E-state index is -3.31. The molecule has 0 saturated heterocycles. The maximum absolute atomic E-state index is 12.0. The van der Waals surface area contributed by atoms with Gasteiger partial charge in [-0.2, -0.15) is 0 Å². The Hall–Kier alpha value is -1.66. The van der Waals surface area contributed by atoms with Crippen molar-refractivity contribution < 1.29 is 8.42 Å². The van der Waals surface area contributed by atoms with Gasteiger partial charge in [0, 0.05) is 23.2 Å². The van der Waals surface area contributed by atoms with Crippen molar-refractivity contribution in [1.29, 1.82) is 0 Å². The highest BCUT2D eigenvalue weighted by Gasteiger charge is 2.11. The number of benzene rings is 1. The fraction of sp³-hybridized carbons (Fsp3) is 0.308. The van der Waals surface area contributed by atoms with Crippen LogP contribution in [0.3, 0.4) is 0 Å². The Balaban J connectivity index is 2.21. The van der Waals surface area contributed by atoms with Gasteiger partial charge in [-0.25, -0.2) is 8.42 Å². The number of nitrogens with zero attached hydrogens (tertiary/aromatic N) is 1. The van der Waals surface area contributed by atoms with E-state index < -0.39 is 10.0 Å². The van der Waals surface area contributed by atoms with Crippen LogP contribution in [0.4, 0.5) is 5.69 Å². The van der Waals surface area contributed by atoms with Crippen molar-refractivity contribution in [3.63, 3.8) is 0 Å². The summed E-state index contributed by atoms with van der Waals surface area (Å²) in [5.74, 6) is 0.106. The van der Waals surface area contributed by atoms with Gasteiger partial charge in [0.25, 0.3) is 0 Å². The molecule has 1 aromatic heterocycles. The summed E-state index contributed by atoms with van der Waals surface area (Å²) >= 11 is 0. The smallest absolute Gasteiger partial charge is 0.232 e. The molecule has 0 spiro atoms. The molecule has 5 nitrogen and oxygen atoms in total. The predicted octanol–water partition coefficient (Wildman–Crippen LogP) is 1.59. The minimum absolute atomic E-state index is 0.106. The summed E-state index contributed by atoms with van der Waals surface area (Å²) in [4.78, 5) is 4.03. The summed E-state index contributed by atoms with van der Waals surface area (Å²) in [6, 6.07) is 7.29. The Bertz CT molecular complexity index is 650. The van der Waals surface area contributed by atoms with Gasteiger partial charge in [0.05, 0.1) is 11.4 Å². The molecule has 2 rings (SSSR count). The van der Waals surface area contributed by atoms with E-state index in [9.17, 15) is 8.42 Å². The molecule has 1 aromatic carbocycles. The van der Waals surface area contributed by atoms with Gasteiger partial charge in [-0.3, -0.25) is 9.71 Å². The predicted molar refractivity (Wildman–Crippen MR) is 77.7 cm³/mol. The first kappa shape index (κ1) is 13.8. The summed E-state index contributed by atoms with van der Waals surface area (Å²) < 4.78 is 26.6. The normalized spacial score (nSPS) is 11.6. The SMILES string of the molecule is CNCCCS(=O)(=O)Nc1cccc2cnccc12. The second-order valence-electron chi connectivity index (χ2n) is 4.28. The van der Waals surface area contributed by atoms with Crippen LogP contribution in [0.2, 0.25) is 0 Å². The third-order valence-electron chi connectivity index (χ3n) is 2.79. The molecule has 1 heterocycles. The van der Waals surface area contributed by atoms with Gasteiger partial charge in [0.1, 0.15) is 0 Å². The van der Waals surface area contributed by atoms with Gasteiger partial charge in [0.15, 0.2) is 0 Å². The van der Waals surface area contributed by atoms with Crippen LogP contribution in [0, 0.1) is 0 Å². The van der Waals surface area contributed by atoms with E-state index in [0.717, 1.165) is 10.8 Å². The van der Waals surface area contributed by atoms with E-state index in [1.165, 1.54) is 0 Å². The molecule has 2 aromatic rings. The molecule has 0 bridgehead atoms. The molecule has 6 heteroatoms. The van der Waals surface area contributed by atoms with Crippen LogP contribution in [-0.4, -0.2) is 32.7 Å². The highest BCUT2D eigenvalue weighted by Crippen LogP contribution is 2.23. The molecule has 0 aliphatic carbocycles. The van der Waals surface area contributed by atoms with Crippen molar-refractivity contribution in [2.24, 2.45) is 0 Å². The summed E-state index contributed by atoms with van der Waals surface area (Å²) in [5, 5.41) is 4.70. The lowest BCUT2D eigenvalue weighted by atomic mass is 10.1.